The number of carbonyl (C=O) groups is 1. The highest BCUT2D eigenvalue weighted by Crippen LogP contribution is 2.26. The number of halogens is 1. The number of amides is 1. The summed E-state index contributed by atoms with van der Waals surface area (Å²) in [5.74, 6) is 1.05. The Labute approximate surface area is 180 Å². The molecular weight excluding hydrogens is 417 g/mol. The van der Waals surface area contributed by atoms with Crippen LogP contribution in [0.2, 0.25) is 0 Å². The topological polar surface area (TPSA) is 123 Å². The van der Waals surface area contributed by atoms with Crippen LogP contribution in [0.4, 0.5) is 21.7 Å². The van der Waals surface area contributed by atoms with Gasteiger partial charge in [0.15, 0.2) is 5.65 Å². The van der Waals surface area contributed by atoms with E-state index in [4.69, 9.17) is 0 Å². The van der Waals surface area contributed by atoms with E-state index in [9.17, 15) is 14.0 Å². The Morgan fingerprint density at radius 2 is 2.09 bits per heavy atom. The van der Waals surface area contributed by atoms with Crippen molar-refractivity contribution in [1.29, 1.82) is 0 Å². The van der Waals surface area contributed by atoms with Crippen LogP contribution in [0.5, 0.6) is 0 Å². The maximum atomic E-state index is 13.2. The summed E-state index contributed by atoms with van der Waals surface area (Å²) >= 11 is 0. The molecule has 4 aromatic rings. The van der Waals surface area contributed by atoms with Crippen molar-refractivity contribution in [2.75, 3.05) is 17.7 Å². The second-order valence-electron chi connectivity index (χ2n) is 7.44. The maximum Gasteiger partial charge on any atom is 0.279 e. The van der Waals surface area contributed by atoms with E-state index < -0.39 is 18.1 Å². The molecule has 1 amide bonds. The highest BCUT2D eigenvalue weighted by atomic mass is 19.1. The molecule has 0 radical (unpaired) electrons. The normalized spacial score (nSPS) is 17.3. The van der Waals surface area contributed by atoms with Gasteiger partial charge in [-0.2, -0.15) is 14.7 Å². The summed E-state index contributed by atoms with van der Waals surface area (Å²) < 4.78 is 17.7. The summed E-state index contributed by atoms with van der Waals surface area (Å²) in [6.45, 7) is 0. The molecule has 0 spiro atoms. The van der Waals surface area contributed by atoms with Crippen molar-refractivity contribution in [1.82, 2.24) is 34.3 Å². The molecule has 11 nitrogen and oxygen atoms in total. The molecule has 3 N–H and O–H groups in total. The third-order valence-corrected chi connectivity index (χ3v) is 5.25. The van der Waals surface area contributed by atoms with E-state index >= 15 is 0 Å². The smallest absolute Gasteiger partial charge is 0.279 e. The monoisotopic (exact) mass is 437 g/mol. The third kappa shape index (κ3) is 3.35. The lowest BCUT2D eigenvalue weighted by molar-refractivity contribution is 0.0949. The van der Waals surface area contributed by atoms with Gasteiger partial charge in [-0.05, 0) is 12.1 Å². The molecular formula is C20H20FN9O2. The lowest BCUT2D eigenvalue weighted by Crippen LogP contribution is -2.27. The average Bonchev–Trinajstić information content (AvgIpc) is 3.14. The highest BCUT2D eigenvalue weighted by Gasteiger charge is 2.39. The van der Waals surface area contributed by atoms with Gasteiger partial charge in [0.1, 0.15) is 34.9 Å². The first-order valence-electron chi connectivity index (χ1n) is 9.95. The molecule has 5 rings (SSSR count). The molecule has 0 unspecified atom stereocenters. The lowest BCUT2D eigenvalue weighted by atomic mass is 10.3. The summed E-state index contributed by atoms with van der Waals surface area (Å²) in [4.78, 5) is 30.1. The molecule has 164 valence electrons. The molecule has 0 aliphatic heterocycles. The van der Waals surface area contributed by atoms with Gasteiger partial charge in [0.2, 0.25) is 0 Å². The number of hydrogen-bond acceptors (Lipinski definition) is 7. The van der Waals surface area contributed by atoms with Crippen molar-refractivity contribution < 1.29 is 9.18 Å². The molecule has 1 fully saturated rings. The Hall–Kier alpha value is -4.22. The Morgan fingerprint density at radius 3 is 2.78 bits per heavy atom. The Bertz CT molecular complexity index is 1390. The first kappa shape index (κ1) is 19.7. The zero-order valence-corrected chi connectivity index (χ0v) is 17.3. The molecule has 0 aromatic carbocycles. The fourth-order valence-corrected chi connectivity index (χ4v) is 3.44. The highest BCUT2D eigenvalue weighted by molar-refractivity contribution is 6.00. The van der Waals surface area contributed by atoms with E-state index in [2.05, 4.69) is 31.1 Å². The van der Waals surface area contributed by atoms with Gasteiger partial charge in [0.05, 0.1) is 18.4 Å². The number of anilines is 3. The van der Waals surface area contributed by atoms with Crippen LogP contribution >= 0.6 is 0 Å². The number of aryl methyl sites for hydroxylation is 1. The lowest BCUT2D eigenvalue weighted by Gasteiger charge is -2.12. The fraction of sp³-hybridized carbons (Fsp3) is 0.250. The first-order chi connectivity index (χ1) is 15.5. The number of pyridine rings is 1. The summed E-state index contributed by atoms with van der Waals surface area (Å²) in [6.07, 6.45) is 3.93. The van der Waals surface area contributed by atoms with Crippen molar-refractivity contribution in [3.05, 3.63) is 58.8 Å². The molecule has 4 heterocycles. The first-order valence-corrected chi connectivity index (χ1v) is 9.95. The van der Waals surface area contributed by atoms with Crippen molar-refractivity contribution in [2.24, 2.45) is 7.05 Å². The molecule has 4 aromatic heterocycles. The van der Waals surface area contributed by atoms with Crippen LogP contribution in [0.25, 0.3) is 11.5 Å². The van der Waals surface area contributed by atoms with Gasteiger partial charge in [-0.1, -0.05) is 0 Å². The number of carbonyl (C=O) groups excluding carboxylic acids is 1. The second kappa shape index (κ2) is 7.48. The van der Waals surface area contributed by atoms with Gasteiger partial charge in [-0.25, -0.2) is 9.37 Å². The van der Waals surface area contributed by atoms with E-state index in [1.807, 2.05) is 0 Å². The summed E-state index contributed by atoms with van der Waals surface area (Å²) in [5, 5.41) is 17.0. The largest absolute Gasteiger partial charge is 0.373 e. The van der Waals surface area contributed by atoms with Crippen molar-refractivity contribution in [3.8, 4) is 5.82 Å². The Kier molecular flexibility index (Phi) is 4.61. The number of fused-ring (bicyclic) bond motifs is 1. The Balaban J connectivity index is 1.52. The van der Waals surface area contributed by atoms with Gasteiger partial charge in [0, 0.05) is 38.8 Å². The summed E-state index contributed by atoms with van der Waals surface area (Å²) in [7, 11) is 3.45. The van der Waals surface area contributed by atoms with Gasteiger partial charge >= 0.3 is 0 Å². The summed E-state index contributed by atoms with van der Waals surface area (Å²) in [6, 6.07) is 6.29. The second-order valence-corrected chi connectivity index (χ2v) is 7.44. The number of aromatic nitrogens is 6. The quantitative estimate of drug-likeness (QED) is 0.415. The predicted molar refractivity (Wildman–Crippen MR) is 115 cm³/mol. The number of nitrogens with one attached hydrogen (secondary N) is 3. The number of hydrogen-bond donors (Lipinski definition) is 3. The average molecular weight is 437 g/mol. The molecule has 0 saturated heterocycles. The Morgan fingerprint density at radius 1 is 1.28 bits per heavy atom. The van der Waals surface area contributed by atoms with Crippen LogP contribution in [0, 0.1) is 0 Å². The number of rotatable bonds is 6. The van der Waals surface area contributed by atoms with Crippen LogP contribution in [-0.4, -0.2) is 54.1 Å². The van der Waals surface area contributed by atoms with E-state index in [0.717, 1.165) is 0 Å². The van der Waals surface area contributed by atoms with Gasteiger partial charge in [-0.3, -0.25) is 18.8 Å². The molecule has 2 atom stereocenters. The standard InChI is InChI=1S/C20H20FN9O2/c1-22-16-9-15(25-13-4-3-7-29(20(13)32)17-5-6-23-28(17)2)27-18-11(10-24-30(16)18)19(31)26-14-8-12(14)21/h3-7,9-10,12,14,22H,8H2,1-2H3,(H,25,27)(H,26,31)/t12-,14+/m1/s1. The molecule has 32 heavy (non-hydrogen) atoms. The van der Waals surface area contributed by atoms with E-state index in [-0.39, 0.29) is 22.5 Å². The van der Waals surface area contributed by atoms with Gasteiger partial charge < -0.3 is 16.0 Å². The van der Waals surface area contributed by atoms with Gasteiger partial charge in [-0.15, -0.1) is 0 Å². The molecule has 12 heteroatoms. The minimum atomic E-state index is -1.02. The van der Waals surface area contributed by atoms with Crippen LogP contribution in [0.3, 0.4) is 0 Å². The van der Waals surface area contributed by atoms with Crippen molar-refractivity contribution >= 4 is 28.9 Å². The van der Waals surface area contributed by atoms with Gasteiger partial charge in [0.25, 0.3) is 11.5 Å². The van der Waals surface area contributed by atoms with Crippen LogP contribution in [-0.2, 0) is 7.05 Å². The van der Waals surface area contributed by atoms with E-state index in [0.29, 0.717) is 23.9 Å². The van der Waals surface area contributed by atoms with Crippen LogP contribution in [0.1, 0.15) is 16.8 Å². The van der Waals surface area contributed by atoms with E-state index in [1.165, 1.54) is 15.3 Å². The van der Waals surface area contributed by atoms with Crippen LogP contribution in [0.15, 0.2) is 47.7 Å². The van der Waals surface area contributed by atoms with E-state index in [1.54, 1.807) is 55.4 Å². The molecule has 1 aliphatic rings. The number of alkyl halides is 1. The fourth-order valence-electron chi connectivity index (χ4n) is 3.44. The third-order valence-electron chi connectivity index (χ3n) is 5.25. The zero-order valence-electron chi connectivity index (χ0n) is 17.3. The minimum Gasteiger partial charge on any atom is -0.373 e. The van der Waals surface area contributed by atoms with Crippen molar-refractivity contribution in [3.63, 3.8) is 0 Å². The molecule has 1 saturated carbocycles. The zero-order chi connectivity index (χ0) is 22.4. The minimum absolute atomic E-state index is 0.213. The molecule has 1 aliphatic carbocycles. The predicted octanol–water partition coefficient (Wildman–Crippen LogP) is 1.24. The SMILES string of the molecule is CNc1cc(Nc2cccn(-c3ccnn3C)c2=O)nc2c(C(=O)N[C@H]3C[C@H]3F)cnn12. The number of nitrogens with zero attached hydrogens (tertiary/aromatic N) is 6. The summed E-state index contributed by atoms with van der Waals surface area (Å²) in [5.41, 5.74) is 0.481. The van der Waals surface area contributed by atoms with Crippen molar-refractivity contribution in [2.45, 2.75) is 18.6 Å². The van der Waals surface area contributed by atoms with Crippen LogP contribution < -0.4 is 21.5 Å². The maximum absolute atomic E-state index is 13.2. The molecule has 0 bridgehead atoms.